The van der Waals surface area contributed by atoms with Gasteiger partial charge in [0.15, 0.2) is 0 Å². The van der Waals surface area contributed by atoms with Gasteiger partial charge in [-0.3, -0.25) is 4.79 Å². The first kappa shape index (κ1) is 13.8. The second-order valence-corrected chi connectivity index (χ2v) is 4.08. The van der Waals surface area contributed by atoms with Crippen molar-refractivity contribution in [1.29, 1.82) is 0 Å². The summed E-state index contributed by atoms with van der Waals surface area (Å²) in [5, 5.41) is 3.37. The van der Waals surface area contributed by atoms with E-state index in [-0.39, 0.29) is 5.91 Å². The molecule has 1 aromatic rings. The van der Waals surface area contributed by atoms with Crippen LogP contribution in [0.5, 0.6) is 5.75 Å². The number of halogens is 1. The molecule has 4 nitrogen and oxygen atoms in total. The molecule has 1 amide bonds. The summed E-state index contributed by atoms with van der Waals surface area (Å²) in [6, 6.07) is 3.50. The standard InChI is InChI=1S/C12H17ClN2O2/c1-8(16)15-12-9(4-3-7-14)10(13)5-6-11(12)17-2/h5-6H,3-4,7,14H2,1-2H3,(H,15,16). The molecular formula is C12H17ClN2O2. The smallest absolute Gasteiger partial charge is 0.221 e. The Morgan fingerprint density at radius 2 is 2.24 bits per heavy atom. The van der Waals surface area contributed by atoms with Crippen LogP contribution in [0.1, 0.15) is 18.9 Å². The first-order valence-corrected chi connectivity index (χ1v) is 5.81. The minimum absolute atomic E-state index is 0.153. The Labute approximate surface area is 106 Å². The largest absolute Gasteiger partial charge is 0.495 e. The lowest BCUT2D eigenvalue weighted by molar-refractivity contribution is -0.114. The van der Waals surface area contributed by atoms with E-state index in [1.807, 2.05) is 0 Å². The highest BCUT2D eigenvalue weighted by Crippen LogP contribution is 2.34. The van der Waals surface area contributed by atoms with Crippen molar-refractivity contribution in [1.82, 2.24) is 0 Å². The third kappa shape index (κ3) is 3.61. The first-order valence-electron chi connectivity index (χ1n) is 5.43. The molecule has 0 aliphatic carbocycles. The molecule has 0 saturated carbocycles. The topological polar surface area (TPSA) is 64.3 Å². The molecule has 94 valence electrons. The van der Waals surface area contributed by atoms with Crippen LogP contribution >= 0.6 is 11.6 Å². The van der Waals surface area contributed by atoms with E-state index in [1.165, 1.54) is 6.92 Å². The summed E-state index contributed by atoms with van der Waals surface area (Å²) in [5.74, 6) is 0.455. The Morgan fingerprint density at radius 3 is 2.76 bits per heavy atom. The van der Waals surface area contributed by atoms with E-state index in [9.17, 15) is 4.79 Å². The van der Waals surface area contributed by atoms with Crippen molar-refractivity contribution in [2.75, 3.05) is 19.0 Å². The maximum atomic E-state index is 11.2. The molecule has 0 aliphatic rings. The van der Waals surface area contributed by atoms with Gasteiger partial charge in [0, 0.05) is 11.9 Å². The zero-order valence-electron chi connectivity index (χ0n) is 10.0. The monoisotopic (exact) mass is 256 g/mol. The number of amides is 1. The molecular weight excluding hydrogens is 240 g/mol. The number of nitrogens with two attached hydrogens (primary N) is 1. The van der Waals surface area contributed by atoms with Crippen LogP contribution in [0.4, 0.5) is 5.69 Å². The molecule has 0 aliphatic heterocycles. The van der Waals surface area contributed by atoms with E-state index in [0.29, 0.717) is 29.4 Å². The maximum Gasteiger partial charge on any atom is 0.221 e. The SMILES string of the molecule is COc1ccc(Cl)c(CCCN)c1NC(C)=O. The number of benzene rings is 1. The number of anilines is 1. The first-order chi connectivity index (χ1) is 8.10. The average molecular weight is 257 g/mol. The van der Waals surface area contributed by atoms with Gasteiger partial charge in [-0.05, 0) is 37.1 Å². The van der Waals surface area contributed by atoms with Gasteiger partial charge in [-0.25, -0.2) is 0 Å². The lowest BCUT2D eigenvalue weighted by atomic mass is 10.1. The Bertz CT molecular complexity index is 408. The summed E-state index contributed by atoms with van der Waals surface area (Å²) in [5.41, 5.74) is 6.99. The molecule has 0 radical (unpaired) electrons. The minimum atomic E-state index is -0.153. The number of hydrogen-bond acceptors (Lipinski definition) is 3. The number of hydrogen-bond donors (Lipinski definition) is 2. The summed E-state index contributed by atoms with van der Waals surface area (Å²) in [6.45, 7) is 2.03. The van der Waals surface area contributed by atoms with Gasteiger partial charge in [-0.15, -0.1) is 0 Å². The second kappa shape index (κ2) is 6.47. The van der Waals surface area contributed by atoms with E-state index >= 15 is 0 Å². The third-order valence-corrected chi connectivity index (χ3v) is 2.72. The molecule has 0 spiro atoms. The highest BCUT2D eigenvalue weighted by molar-refractivity contribution is 6.32. The number of carbonyl (C=O) groups excluding carboxylic acids is 1. The molecule has 0 heterocycles. The average Bonchev–Trinajstić information content (AvgIpc) is 2.28. The van der Waals surface area contributed by atoms with Gasteiger partial charge in [-0.2, -0.15) is 0 Å². The lowest BCUT2D eigenvalue weighted by Crippen LogP contribution is -2.11. The fourth-order valence-corrected chi connectivity index (χ4v) is 1.86. The van der Waals surface area contributed by atoms with Crippen molar-refractivity contribution in [3.63, 3.8) is 0 Å². The second-order valence-electron chi connectivity index (χ2n) is 3.68. The van der Waals surface area contributed by atoms with Crippen LogP contribution < -0.4 is 15.8 Å². The van der Waals surface area contributed by atoms with Gasteiger partial charge in [0.1, 0.15) is 5.75 Å². The highest BCUT2D eigenvalue weighted by atomic mass is 35.5. The Kier molecular flexibility index (Phi) is 5.25. The zero-order valence-corrected chi connectivity index (χ0v) is 10.8. The van der Waals surface area contributed by atoms with Crippen molar-refractivity contribution >= 4 is 23.2 Å². The number of nitrogens with one attached hydrogen (secondary N) is 1. The number of ether oxygens (including phenoxy) is 1. The molecule has 0 unspecified atom stereocenters. The molecule has 0 bridgehead atoms. The molecule has 1 rings (SSSR count). The van der Waals surface area contributed by atoms with Crippen LogP contribution in [0.2, 0.25) is 5.02 Å². The predicted octanol–water partition coefficient (Wildman–Crippen LogP) is 2.20. The van der Waals surface area contributed by atoms with Crippen LogP contribution in [-0.2, 0) is 11.2 Å². The molecule has 3 N–H and O–H groups in total. The summed E-state index contributed by atoms with van der Waals surface area (Å²) >= 11 is 6.13. The summed E-state index contributed by atoms with van der Waals surface area (Å²) in [7, 11) is 1.56. The predicted molar refractivity (Wildman–Crippen MR) is 69.7 cm³/mol. The fourth-order valence-electron chi connectivity index (χ4n) is 1.61. The Morgan fingerprint density at radius 1 is 1.53 bits per heavy atom. The van der Waals surface area contributed by atoms with Crippen molar-refractivity contribution in [2.24, 2.45) is 5.73 Å². The quantitative estimate of drug-likeness (QED) is 0.849. The van der Waals surface area contributed by atoms with Gasteiger partial charge < -0.3 is 15.8 Å². The number of carbonyl (C=O) groups is 1. The van der Waals surface area contributed by atoms with Gasteiger partial charge in [0.25, 0.3) is 0 Å². The maximum absolute atomic E-state index is 11.2. The molecule has 0 aromatic heterocycles. The summed E-state index contributed by atoms with van der Waals surface area (Å²) in [6.07, 6.45) is 1.52. The Balaban J connectivity index is 3.16. The molecule has 0 saturated heterocycles. The molecule has 1 aromatic carbocycles. The van der Waals surface area contributed by atoms with E-state index < -0.39 is 0 Å². The van der Waals surface area contributed by atoms with Crippen LogP contribution in [0, 0.1) is 0 Å². The normalized spacial score (nSPS) is 10.1. The third-order valence-electron chi connectivity index (χ3n) is 2.37. The van der Waals surface area contributed by atoms with Gasteiger partial charge >= 0.3 is 0 Å². The summed E-state index contributed by atoms with van der Waals surface area (Å²) in [4.78, 5) is 11.2. The molecule has 5 heteroatoms. The van der Waals surface area contributed by atoms with E-state index in [1.54, 1.807) is 19.2 Å². The zero-order chi connectivity index (χ0) is 12.8. The Hall–Kier alpha value is -1.26. The molecule has 0 fully saturated rings. The lowest BCUT2D eigenvalue weighted by Gasteiger charge is -2.15. The fraction of sp³-hybridized carbons (Fsp3) is 0.417. The van der Waals surface area contributed by atoms with Crippen LogP contribution in [-0.4, -0.2) is 19.6 Å². The van der Waals surface area contributed by atoms with Gasteiger partial charge in [-0.1, -0.05) is 11.6 Å². The highest BCUT2D eigenvalue weighted by Gasteiger charge is 2.13. The van der Waals surface area contributed by atoms with Gasteiger partial charge in [0.2, 0.25) is 5.91 Å². The van der Waals surface area contributed by atoms with Crippen molar-refractivity contribution < 1.29 is 9.53 Å². The van der Waals surface area contributed by atoms with E-state index in [2.05, 4.69) is 5.32 Å². The van der Waals surface area contributed by atoms with Crippen LogP contribution in [0.3, 0.4) is 0 Å². The minimum Gasteiger partial charge on any atom is -0.495 e. The molecule has 17 heavy (non-hydrogen) atoms. The number of rotatable bonds is 5. The van der Waals surface area contributed by atoms with Crippen LogP contribution in [0.25, 0.3) is 0 Å². The van der Waals surface area contributed by atoms with Crippen molar-refractivity contribution in [2.45, 2.75) is 19.8 Å². The van der Waals surface area contributed by atoms with E-state index in [4.69, 9.17) is 22.1 Å². The van der Waals surface area contributed by atoms with Gasteiger partial charge in [0.05, 0.1) is 12.8 Å². The molecule has 0 atom stereocenters. The van der Waals surface area contributed by atoms with Crippen molar-refractivity contribution in [3.05, 3.63) is 22.7 Å². The summed E-state index contributed by atoms with van der Waals surface area (Å²) < 4.78 is 5.22. The number of methoxy groups -OCH3 is 1. The van der Waals surface area contributed by atoms with Crippen LogP contribution in [0.15, 0.2) is 12.1 Å². The van der Waals surface area contributed by atoms with E-state index in [0.717, 1.165) is 12.0 Å². The van der Waals surface area contributed by atoms with Crippen molar-refractivity contribution in [3.8, 4) is 5.75 Å².